The minimum atomic E-state index is -0.651. The van der Waals surface area contributed by atoms with E-state index in [1.54, 1.807) is 0 Å². The van der Waals surface area contributed by atoms with Crippen molar-refractivity contribution in [3.05, 3.63) is 184 Å². The first-order chi connectivity index (χ1) is 21.7. The second kappa shape index (κ2) is 8.97. The van der Waals surface area contributed by atoms with E-state index in [9.17, 15) is 0 Å². The normalized spacial score (nSPS) is 16.4. The van der Waals surface area contributed by atoms with Gasteiger partial charge in [0.25, 0.3) is 0 Å². The largest absolute Gasteiger partial charge is 0.319 e. The maximum Gasteiger partial charge on any atom is 0.319 e. The first kappa shape index (κ1) is 25.0. The van der Waals surface area contributed by atoms with Crippen molar-refractivity contribution >= 4 is 6.01 Å². The van der Waals surface area contributed by atoms with Crippen molar-refractivity contribution in [3.8, 4) is 22.3 Å². The highest BCUT2D eigenvalue weighted by Gasteiger charge is 2.54. The van der Waals surface area contributed by atoms with Crippen LogP contribution >= 0.6 is 0 Å². The number of aliphatic imine (C=N–C) groups is 1. The maximum absolute atomic E-state index is 4.72. The van der Waals surface area contributed by atoms with Gasteiger partial charge in [-0.15, -0.1) is 0 Å². The van der Waals surface area contributed by atoms with Crippen LogP contribution in [0.15, 0.2) is 150 Å². The molecule has 5 aromatic carbocycles. The average molecular weight is 566 g/mol. The predicted molar refractivity (Wildman–Crippen MR) is 174 cm³/mol. The standard InChI is InChI=1S/C40H29N4/c1-26-27(2)44(25-41-26)40(36-20-9-5-16-32(36)33-17-6-10-21-37(33)40)29-13-11-12-28(24-29)39(38-22-23-42-43-38)34-18-7-3-14-30(34)31-15-4-8-19-35(31)39/h3-24H,1-2H3,(H,42,43)/q+1. The number of aromatic amines is 1. The number of fused-ring (bicyclic) bond motifs is 6. The number of hydrogen-bond donors (Lipinski definition) is 1. The molecule has 44 heavy (non-hydrogen) atoms. The van der Waals surface area contributed by atoms with Crippen LogP contribution in [0.25, 0.3) is 22.3 Å². The highest BCUT2D eigenvalue weighted by molar-refractivity contribution is 5.86. The lowest BCUT2D eigenvalue weighted by Gasteiger charge is -2.35. The van der Waals surface area contributed by atoms with E-state index < -0.39 is 11.0 Å². The van der Waals surface area contributed by atoms with E-state index in [0.717, 1.165) is 17.1 Å². The number of H-pyrrole nitrogens is 1. The second-order valence-corrected chi connectivity index (χ2v) is 11.9. The van der Waals surface area contributed by atoms with E-state index in [-0.39, 0.29) is 0 Å². The fourth-order valence-electron chi connectivity index (χ4n) is 8.10. The van der Waals surface area contributed by atoms with Gasteiger partial charge in [0.15, 0.2) is 11.2 Å². The van der Waals surface area contributed by atoms with E-state index in [4.69, 9.17) is 4.99 Å². The molecule has 0 atom stereocenters. The Morgan fingerprint density at radius 2 is 1.11 bits per heavy atom. The van der Waals surface area contributed by atoms with Crippen molar-refractivity contribution in [1.29, 1.82) is 0 Å². The summed E-state index contributed by atoms with van der Waals surface area (Å²) in [5.41, 5.74) is 14.2. The summed E-state index contributed by atoms with van der Waals surface area (Å²) < 4.78 is 2.27. The summed E-state index contributed by atoms with van der Waals surface area (Å²) in [7, 11) is 0. The molecule has 0 unspecified atom stereocenters. The van der Waals surface area contributed by atoms with Crippen LogP contribution in [0.4, 0.5) is 0 Å². The molecule has 208 valence electrons. The smallest absolute Gasteiger partial charge is 0.281 e. The number of benzene rings is 5. The summed E-state index contributed by atoms with van der Waals surface area (Å²) in [5.74, 6) is 0. The third kappa shape index (κ3) is 2.95. The third-order valence-corrected chi connectivity index (χ3v) is 10.0. The van der Waals surface area contributed by atoms with Gasteiger partial charge in [-0.1, -0.05) is 115 Å². The van der Waals surface area contributed by atoms with Crippen molar-refractivity contribution in [2.75, 3.05) is 0 Å². The zero-order valence-corrected chi connectivity index (χ0v) is 24.5. The van der Waals surface area contributed by atoms with Crippen molar-refractivity contribution in [3.63, 3.8) is 0 Å². The molecule has 3 aliphatic rings. The molecule has 0 spiro atoms. The van der Waals surface area contributed by atoms with Gasteiger partial charge in [-0.05, 0) is 51.1 Å². The Hall–Kier alpha value is -5.57. The van der Waals surface area contributed by atoms with Gasteiger partial charge in [0.2, 0.25) is 5.70 Å². The molecule has 1 aliphatic heterocycles. The van der Waals surface area contributed by atoms with Crippen LogP contribution in [0, 0.1) is 0 Å². The SMILES string of the molecule is CC1=C(C)[N+](C2(c3cccc(C4(c5ccn[nH]5)c5ccccc5-c5ccccc54)c3)c3ccccc3-c3ccccc32)=C=N1. The molecule has 0 saturated heterocycles. The monoisotopic (exact) mass is 565 g/mol. The summed E-state index contributed by atoms with van der Waals surface area (Å²) in [6, 6.07) is 50.0. The quantitative estimate of drug-likeness (QED) is 0.214. The molecular weight excluding hydrogens is 536 g/mol. The maximum atomic E-state index is 4.72. The van der Waals surface area contributed by atoms with Gasteiger partial charge in [-0.25, -0.2) is 0 Å². The van der Waals surface area contributed by atoms with Gasteiger partial charge in [0.1, 0.15) is 0 Å². The number of allylic oxidation sites excluding steroid dienone is 2. The first-order valence-electron chi connectivity index (χ1n) is 15.1. The Balaban J connectivity index is 1.41. The van der Waals surface area contributed by atoms with Crippen LogP contribution in [0.2, 0.25) is 0 Å². The van der Waals surface area contributed by atoms with Crippen LogP contribution < -0.4 is 0 Å². The minimum absolute atomic E-state index is 0.567. The molecular formula is C40H29N4+. The van der Waals surface area contributed by atoms with E-state index >= 15 is 0 Å². The Morgan fingerprint density at radius 3 is 1.64 bits per heavy atom. The van der Waals surface area contributed by atoms with Crippen molar-refractivity contribution in [2.45, 2.75) is 24.8 Å². The molecule has 1 aromatic heterocycles. The number of rotatable bonds is 4. The molecule has 2 aliphatic carbocycles. The molecule has 4 nitrogen and oxygen atoms in total. The van der Waals surface area contributed by atoms with Gasteiger partial charge >= 0.3 is 6.01 Å². The van der Waals surface area contributed by atoms with Crippen LogP contribution in [-0.2, 0) is 11.0 Å². The Labute approximate surface area is 256 Å². The molecule has 0 saturated carbocycles. The van der Waals surface area contributed by atoms with Gasteiger partial charge in [0, 0.05) is 41.7 Å². The van der Waals surface area contributed by atoms with Crippen LogP contribution in [0.1, 0.15) is 52.9 Å². The predicted octanol–water partition coefficient (Wildman–Crippen LogP) is 8.50. The number of hydrogen-bond acceptors (Lipinski definition) is 2. The highest BCUT2D eigenvalue weighted by Crippen LogP contribution is 2.58. The molecule has 6 aromatic rings. The van der Waals surface area contributed by atoms with Gasteiger partial charge in [0.05, 0.1) is 11.1 Å². The summed E-state index contributed by atoms with van der Waals surface area (Å²) in [6.45, 7) is 4.22. The number of nitrogens with one attached hydrogen (secondary N) is 1. The van der Waals surface area contributed by atoms with E-state index in [1.165, 1.54) is 55.6 Å². The molecule has 2 heterocycles. The first-order valence-corrected chi connectivity index (χ1v) is 15.1. The zero-order valence-electron chi connectivity index (χ0n) is 24.5. The van der Waals surface area contributed by atoms with Gasteiger partial charge in [-0.2, -0.15) is 9.67 Å². The van der Waals surface area contributed by atoms with Gasteiger partial charge < -0.3 is 0 Å². The number of aromatic nitrogens is 2. The van der Waals surface area contributed by atoms with Gasteiger partial charge in [-0.3, -0.25) is 5.10 Å². The van der Waals surface area contributed by atoms with Crippen LogP contribution in [0.3, 0.4) is 0 Å². The Morgan fingerprint density at radius 1 is 0.591 bits per heavy atom. The Bertz CT molecular complexity index is 2150. The average Bonchev–Trinajstić information content (AvgIpc) is 3.85. The van der Waals surface area contributed by atoms with Crippen LogP contribution in [-0.4, -0.2) is 20.8 Å². The van der Waals surface area contributed by atoms with E-state index in [1.807, 2.05) is 6.20 Å². The Kier molecular flexibility index (Phi) is 5.09. The van der Waals surface area contributed by atoms with E-state index in [0.29, 0.717) is 0 Å². The lowest BCUT2D eigenvalue weighted by molar-refractivity contribution is -0.540. The second-order valence-electron chi connectivity index (χ2n) is 11.9. The minimum Gasteiger partial charge on any atom is -0.281 e. The van der Waals surface area contributed by atoms with Crippen molar-refractivity contribution in [2.24, 2.45) is 4.99 Å². The topological polar surface area (TPSA) is 44.0 Å². The highest BCUT2D eigenvalue weighted by atomic mass is 15.2. The molecule has 1 N–H and O–H groups in total. The zero-order chi connectivity index (χ0) is 29.5. The molecule has 0 radical (unpaired) electrons. The number of nitrogens with zero attached hydrogens (tertiary/aromatic N) is 3. The molecule has 0 fully saturated rings. The lowest BCUT2D eigenvalue weighted by atomic mass is 9.68. The molecule has 9 rings (SSSR count). The van der Waals surface area contributed by atoms with E-state index in [2.05, 4.69) is 162 Å². The van der Waals surface area contributed by atoms with Crippen LogP contribution in [0.5, 0.6) is 0 Å². The molecule has 0 amide bonds. The van der Waals surface area contributed by atoms with Crippen molar-refractivity contribution < 1.29 is 4.58 Å². The van der Waals surface area contributed by atoms with Crippen molar-refractivity contribution in [1.82, 2.24) is 10.2 Å². The summed E-state index contributed by atoms with van der Waals surface area (Å²) in [5, 5.41) is 7.88. The summed E-state index contributed by atoms with van der Waals surface area (Å²) in [4.78, 5) is 4.72. The fraction of sp³-hybridized carbons (Fsp3) is 0.100. The summed E-state index contributed by atoms with van der Waals surface area (Å²) in [6.07, 6.45) is 1.86. The summed E-state index contributed by atoms with van der Waals surface area (Å²) >= 11 is 0. The lowest BCUT2D eigenvalue weighted by Crippen LogP contribution is -2.39. The molecule has 4 heteroatoms. The third-order valence-electron chi connectivity index (χ3n) is 10.0. The fourth-order valence-corrected chi connectivity index (χ4v) is 8.10. The molecule has 0 bridgehead atoms.